The van der Waals surface area contributed by atoms with Crippen LogP contribution in [0, 0.1) is 0 Å². The lowest BCUT2D eigenvalue weighted by Gasteiger charge is -2.11. The van der Waals surface area contributed by atoms with Gasteiger partial charge in [-0.2, -0.15) is 0 Å². The van der Waals surface area contributed by atoms with Crippen molar-refractivity contribution in [2.45, 2.75) is 45.8 Å². The Balaban J connectivity index is 1.03. The van der Waals surface area contributed by atoms with Crippen molar-refractivity contribution in [3.8, 4) is 11.5 Å². The van der Waals surface area contributed by atoms with Gasteiger partial charge in [0.1, 0.15) is 24.7 Å². The van der Waals surface area contributed by atoms with Crippen LogP contribution in [0.4, 0.5) is 5.69 Å². The highest BCUT2D eigenvalue weighted by molar-refractivity contribution is 5.46. The van der Waals surface area contributed by atoms with E-state index in [0.29, 0.717) is 26.3 Å². The number of hydrogen-bond donors (Lipinski definition) is 4. The Labute approximate surface area is 261 Å². The third kappa shape index (κ3) is 9.71. The Morgan fingerprint density at radius 3 is 1.55 bits per heavy atom. The second-order valence-corrected chi connectivity index (χ2v) is 10.9. The fourth-order valence-electron chi connectivity index (χ4n) is 4.94. The molecule has 44 heavy (non-hydrogen) atoms. The van der Waals surface area contributed by atoms with E-state index in [1.54, 1.807) is 0 Å². The number of benzene rings is 5. The molecule has 0 aliphatic carbocycles. The summed E-state index contributed by atoms with van der Waals surface area (Å²) in [5, 5.41) is 7.16. The average Bonchev–Trinajstić information content (AvgIpc) is 3.08. The predicted molar refractivity (Wildman–Crippen MR) is 179 cm³/mol. The summed E-state index contributed by atoms with van der Waals surface area (Å²) in [7, 11) is 0. The zero-order valence-electron chi connectivity index (χ0n) is 25.2. The lowest BCUT2D eigenvalue weighted by Crippen LogP contribution is -2.17. The molecule has 0 saturated heterocycles. The van der Waals surface area contributed by atoms with E-state index < -0.39 is 0 Å². The molecule has 6 N–H and O–H groups in total. The van der Waals surface area contributed by atoms with E-state index >= 15 is 0 Å². The SMILES string of the molecule is NCc1ccc(OCc2cccc(CNCCc3cccc(NCc4cccc(COc5ccc(CN)cc5)c4)c3)c2)cc1. The first kappa shape index (κ1) is 30.8. The zero-order chi connectivity index (χ0) is 30.4. The van der Waals surface area contributed by atoms with E-state index in [-0.39, 0.29) is 0 Å². The minimum Gasteiger partial charge on any atom is -0.489 e. The number of anilines is 1. The minimum absolute atomic E-state index is 0.528. The van der Waals surface area contributed by atoms with Crippen LogP contribution in [-0.4, -0.2) is 6.54 Å². The van der Waals surface area contributed by atoms with Gasteiger partial charge in [-0.25, -0.2) is 0 Å². The van der Waals surface area contributed by atoms with Crippen molar-refractivity contribution in [1.82, 2.24) is 5.32 Å². The molecule has 6 nitrogen and oxygen atoms in total. The van der Waals surface area contributed by atoms with Gasteiger partial charge in [0.05, 0.1) is 0 Å². The Hall–Kier alpha value is -4.62. The van der Waals surface area contributed by atoms with E-state index in [2.05, 4.69) is 83.4 Å². The lowest BCUT2D eigenvalue weighted by atomic mass is 10.1. The number of hydrogen-bond acceptors (Lipinski definition) is 6. The van der Waals surface area contributed by atoms with Crippen molar-refractivity contribution in [2.24, 2.45) is 11.5 Å². The molecule has 0 spiro atoms. The molecule has 5 rings (SSSR count). The van der Waals surface area contributed by atoms with Crippen LogP contribution in [0.2, 0.25) is 0 Å². The molecule has 226 valence electrons. The van der Waals surface area contributed by atoms with Crippen LogP contribution in [-0.2, 0) is 45.8 Å². The molecular formula is C38H42N4O2. The van der Waals surface area contributed by atoms with Crippen molar-refractivity contribution in [3.63, 3.8) is 0 Å². The molecule has 0 aliphatic rings. The monoisotopic (exact) mass is 586 g/mol. The summed E-state index contributed by atoms with van der Waals surface area (Å²) in [6.07, 6.45) is 0.955. The molecule has 5 aromatic carbocycles. The van der Waals surface area contributed by atoms with Crippen LogP contribution in [0.3, 0.4) is 0 Å². The minimum atomic E-state index is 0.528. The van der Waals surface area contributed by atoms with Gasteiger partial charge >= 0.3 is 0 Å². The third-order valence-electron chi connectivity index (χ3n) is 7.46. The molecule has 0 heterocycles. The highest BCUT2D eigenvalue weighted by Crippen LogP contribution is 2.18. The van der Waals surface area contributed by atoms with Crippen molar-refractivity contribution in [2.75, 3.05) is 11.9 Å². The molecule has 0 aliphatic heterocycles. The van der Waals surface area contributed by atoms with Crippen LogP contribution in [0.5, 0.6) is 11.5 Å². The highest BCUT2D eigenvalue weighted by atomic mass is 16.5. The van der Waals surface area contributed by atoms with E-state index in [1.165, 1.54) is 16.7 Å². The molecule has 0 amide bonds. The normalized spacial score (nSPS) is 10.9. The smallest absolute Gasteiger partial charge is 0.119 e. The van der Waals surface area contributed by atoms with Crippen LogP contribution in [0.25, 0.3) is 0 Å². The third-order valence-corrected chi connectivity index (χ3v) is 7.46. The quantitative estimate of drug-likeness (QED) is 0.0961. The number of ether oxygens (including phenoxy) is 2. The molecule has 0 radical (unpaired) electrons. The van der Waals surface area contributed by atoms with Gasteiger partial charge in [-0.15, -0.1) is 0 Å². The first-order valence-electron chi connectivity index (χ1n) is 15.2. The summed E-state index contributed by atoms with van der Waals surface area (Å²) in [6, 6.07) is 41.6. The summed E-state index contributed by atoms with van der Waals surface area (Å²) in [6.45, 7) is 4.61. The second kappa shape index (κ2) is 16.3. The van der Waals surface area contributed by atoms with Crippen molar-refractivity contribution in [1.29, 1.82) is 0 Å². The van der Waals surface area contributed by atoms with Gasteiger partial charge in [0.2, 0.25) is 0 Å². The van der Waals surface area contributed by atoms with Crippen molar-refractivity contribution in [3.05, 3.63) is 160 Å². The summed E-state index contributed by atoms with van der Waals surface area (Å²) in [4.78, 5) is 0. The Kier molecular flexibility index (Phi) is 11.4. The van der Waals surface area contributed by atoms with Gasteiger partial charge in [-0.1, -0.05) is 84.9 Å². The van der Waals surface area contributed by atoms with Crippen LogP contribution in [0.1, 0.15) is 38.9 Å². The maximum atomic E-state index is 5.96. The number of rotatable bonds is 16. The average molecular weight is 587 g/mol. The van der Waals surface area contributed by atoms with Crippen LogP contribution >= 0.6 is 0 Å². The largest absolute Gasteiger partial charge is 0.489 e. The van der Waals surface area contributed by atoms with Crippen molar-refractivity contribution < 1.29 is 9.47 Å². The standard InChI is InChI=1S/C38H42N4O2/c39-23-30-10-14-37(15-11-30)43-27-34-7-1-5-32(20-34)25-41-19-18-29-4-3-9-36(22-29)42-26-33-6-2-8-35(21-33)28-44-38-16-12-31(24-40)13-17-38/h1-17,20-22,41-42H,18-19,23-28,39-40H2. The summed E-state index contributed by atoms with van der Waals surface area (Å²) in [5.41, 5.74) is 20.7. The summed E-state index contributed by atoms with van der Waals surface area (Å²) >= 11 is 0. The van der Waals surface area contributed by atoms with E-state index in [4.69, 9.17) is 20.9 Å². The van der Waals surface area contributed by atoms with E-state index in [1.807, 2.05) is 48.5 Å². The molecule has 0 atom stereocenters. The van der Waals surface area contributed by atoms with Gasteiger partial charge in [0.25, 0.3) is 0 Å². The Morgan fingerprint density at radius 2 is 0.977 bits per heavy atom. The van der Waals surface area contributed by atoms with Crippen LogP contribution in [0.15, 0.2) is 121 Å². The van der Waals surface area contributed by atoms with E-state index in [9.17, 15) is 0 Å². The molecule has 0 fully saturated rings. The Bertz CT molecular complexity index is 1590. The molecule has 0 unspecified atom stereocenters. The summed E-state index contributed by atoms with van der Waals surface area (Å²) in [5.74, 6) is 1.70. The Morgan fingerprint density at radius 1 is 0.477 bits per heavy atom. The number of nitrogens with one attached hydrogen (secondary N) is 2. The molecule has 0 aromatic heterocycles. The molecule has 5 aromatic rings. The first-order valence-corrected chi connectivity index (χ1v) is 15.2. The molecular weight excluding hydrogens is 544 g/mol. The lowest BCUT2D eigenvalue weighted by molar-refractivity contribution is 0.306. The number of nitrogens with two attached hydrogens (primary N) is 2. The predicted octanol–water partition coefficient (Wildman–Crippen LogP) is 6.71. The van der Waals surface area contributed by atoms with Gasteiger partial charge in [-0.3, -0.25) is 0 Å². The van der Waals surface area contributed by atoms with Crippen LogP contribution < -0.4 is 31.6 Å². The second-order valence-electron chi connectivity index (χ2n) is 10.9. The zero-order valence-corrected chi connectivity index (χ0v) is 25.2. The first-order chi connectivity index (χ1) is 21.7. The maximum Gasteiger partial charge on any atom is 0.119 e. The molecule has 0 saturated carbocycles. The van der Waals surface area contributed by atoms with Crippen molar-refractivity contribution >= 4 is 5.69 Å². The van der Waals surface area contributed by atoms with E-state index in [0.717, 1.165) is 65.5 Å². The van der Waals surface area contributed by atoms with Gasteiger partial charge in [0, 0.05) is 31.9 Å². The maximum absolute atomic E-state index is 5.96. The van der Waals surface area contributed by atoms with Gasteiger partial charge in [-0.05, 0) is 88.3 Å². The molecule has 6 heteroatoms. The molecule has 0 bridgehead atoms. The summed E-state index contributed by atoms with van der Waals surface area (Å²) < 4.78 is 11.9. The topological polar surface area (TPSA) is 94.6 Å². The fraction of sp³-hybridized carbons (Fsp3) is 0.211. The van der Waals surface area contributed by atoms with Gasteiger partial charge in [0.15, 0.2) is 0 Å². The fourth-order valence-corrected chi connectivity index (χ4v) is 4.94. The highest BCUT2D eigenvalue weighted by Gasteiger charge is 2.03. The van der Waals surface area contributed by atoms with Gasteiger partial charge < -0.3 is 31.6 Å².